The lowest BCUT2D eigenvalue weighted by Gasteiger charge is -2.47. The highest BCUT2D eigenvalue weighted by atomic mass is 16.7. The molecule has 57 heavy (non-hydrogen) atoms. The van der Waals surface area contributed by atoms with Crippen LogP contribution in [0.25, 0.3) is 0 Å². The molecule has 1 N–H and O–H groups in total. The van der Waals surface area contributed by atoms with Crippen LogP contribution in [0.5, 0.6) is 0 Å². The first-order chi connectivity index (χ1) is 28.0. The molecule has 298 valence electrons. The molecule has 5 aromatic carbocycles. The van der Waals surface area contributed by atoms with Crippen molar-refractivity contribution in [2.45, 2.75) is 95.1 Å². The lowest BCUT2D eigenvalue weighted by molar-refractivity contribution is -0.348. The molecule has 0 aliphatic carbocycles. The van der Waals surface area contributed by atoms with Crippen molar-refractivity contribution in [3.8, 4) is 0 Å². The van der Waals surface area contributed by atoms with E-state index >= 15 is 0 Å². The number of benzene rings is 5. The van der Waals surface area contributed by atoms with Gasteiger partial charge in [-0.2, -0.15) is 0 Å². The second kappa shape index (κ2) is 20.6. The molecule has 2 saturated heterocycles. The van der Waals surface area contributed by atoms with Crippen molar-refractivity contribution >= 4 is 5.97 Å². The average Bonchev–Trinajstić information content (AvgIpc) is 3.25. The summed E-state index contributed by atoms with van der Waals surface area (Å²) in [5, 5.41) is 11.6. The van der Waals surface area contributed by atoms with Gasteiger partial charge in [-0.3, -0.25) is 0 Å². The van der Waals surface area contributed by atoms with E-state index in [0.29, 0.717) is 12.2 Å². The van der Waals surface area contributed by atoms with Gasteiger partial charge >= 0.3 is 5.97 Å². The number of ether oxygens (including phenoxy) is 8. The Kier molecular flexibility index (Phi) is 14.6. The van der Waals surface area contributed by atoms with Gasteiger partial charge in [0.1, 0.15) is 30.5 Å². The molecule has 0 unspecified atom stereocenters. The Hall–Kier alpha value is -4.75. The van der Waals surface area contributed by atoms with Gasteiger partial charge in [0.2, 0.25) is 0 Å². The topological polar surface area (TPSA) is 111 Å². The summed E-state index contributed by atoms with van der Waals surface area (Å²) in [6.07, 6.45) is -7.28. The Bertz CT molecular complexity index is 1900. The Morgan fingerprint density at radius 2 is 1.05 bits per heavy atom. The molecule has 0 bridgehead atoms. The summed E-state index contributed by atoms with van der Waals surface area (Å²) in [6.45, 7) is 2.98. The number of esters is 1. The minimum Gasteiger partial charge on any atom is -0.453 e. The van der Waals surface area contributed by atoms with Crippen LogP contribution in [-0.2, 0) is 64.3 Å². The van der Waals surface area contributed by atoms with Crippen LogP contribution in [0.1, 0.15) is 46.0 Å². The van der Waals surface area contributed by atoms with E-state index in [4.69, 9.17) is 37.9 Å². The fourth-order valence-corrected chi connectivity index (χ4v) is 7.10. The molecule has 9 atom stereocenters. The van der Waals surface area contributed by atoms with Crippen LogP contribution in [-0.4, -0.2) is 73.0 Å². The van der Waals surface area contributed by atoms with Gasteiger partial charge in [-0.15, -0.1) is 0 Å². The predicted octanol–water partition coefficient (Wildman–Crippen LogP) is 7.42. The number of carbonyl (C=O) groups is 1. The summed E-state index contributed by atoms with van der Waals surface area (Å²) in [5.41, 5.74) is 4.26. The SMILES string of the molecule is C[C@H]1O[C@H](O[C@H]2[C@H](OCc3ccccc3)[C@@H](OCc3ccccc3)[C@@H](O)O[C@@H]2COCc2ccccc2)C[C@@H](OCc2ccccc2)[C@@H]1OC(=O)c1ccccc1. The van der Waals surface area contributed by atoms with Gasteiger partial charge in [-0.1, -0.05) is 140 Å². The van der Waals surface area contributed by atoms with E-state index in [-0.39, 0.29) is 32.8 Å². The normalized spacial score (nSPS) is 26.1. The van der Waals surface area contributed by atoms with Crippen LogP contribution in [0.2, 0.25) is 0 Å². The predicted molar refractivity (Wildman–Crippen MR) is 212 cm³/mol. The molecule has 0 amide bonds. The maximum absolute atomic E-state index is 13.3. The summed E-state index contributed by atoms with van der Waals surface area (Å²) in [5.74, 6) is -0.471. The van der Waals surface area contributed by atoms with Crippen LogP contribution >= 0.6 is 0 Å². The molecule has 10 nitrogen and oxygen atoms in total. The Balaban J connectivity index is 1.15. The lowest BCUT2D eigenvalue weighted by atomic mass is 9.97. The third-order valence-electron chi connectivity index (χ3n) is 10.1. The number of carbonyl (C=O) groups excluding carboxylic acids is 1. The quantitative estimate of drug-likeness (QED) is 0.0959. The summed E-state index contributed by atoms with van der Waals surface area (Å²) < 4.78 is 51.6. The molecular weight excluding hydrogens is 725 g/mol. The highest BCUT2D eigenvalue weighted by molar-refractivity contribution is 5.89. The minimum atomic E-state index is -1.35. The van der Waals surface area contributed by atoms with E-state index in [1.165, 1.54) is 0 Å². The van der Waals surface area contributed by atoms with Crippen molar-refractivity contribution in [3.63, 3.8) is 0 Å². The minimum absolute atomic E-state index is 0.0841. The first-order valence-electron chi connectivity index (χ1n) is 19.5. The zero-order valence-electron chi connectivity index (χ0n) is 32.0. The molecular formula is C47H50O10. The largest absolute Gasteiger partial charge is 0.453 e. The zero-order valence-corrected chi connectivity index (χ0v) is 32.0. The highest BCUT2D eigenvalue weighted by Gasteiger charge is 2.50. The Labute approximate surface area is 334 Å². The van der Waals surface area contributed by atoms with Gasteiger partial charge in [0.25, 0.3) is 0 Å². The Morgan fingerprint density at radius 1 is 0.579 bits per heavy atom. The fourth-order valence-electron chi connectivity index (χ4n) is 7.10. The van der Waals surface area contributed by atoms with E-state index in [2.05, 4.69) is 0 Å². The summed E-state index contributed by atoms with van der Waals surface area (Å²) in [6, 6.07) is 48.0. The van der Waals surface area contributed by atoms with E-state index in [0.717, 1.165) is 22.3 Å². The second-order valence-corrected chi connectivity index (χ2v) is 14.3. The van der Waals surface area contributed by atoms with E-state index in [9.17, 15) is 9.90 Å². The number of aliphatic hydroxyl groups excluding tert-OH is 1. The van der Waals surface area contributed by atoms with Gasteiger partial charge in [0.15, 0.2) is 18.7 Å². The number of hydrogen-bond acceptors (Lipinski definition) is 10. The number of rotatable bonds is 17. The molecule has 2 heterocycles. The Morgan fingerprint density at radius 3 is 1.60 bits per heavy atom. The second-order valence-electron chi connectivity index (χ2n) is 14.3. The number of hydrogen-bond donors (Lipinski definition) is 1. The van der Waals surface area contributed by atoms with E-state index < -0.39 is 61.3 Å². The van der Waals surface area contributed by atoms with Crippen LogP contribution < -0.4 is 0 Å². The smallest absolute Gasteiger partial charge is 0.338 e. The van der Waals surface area contributed by atoms with Gasteiger partial charge in [0.05, 0.1) is 44.7 Å². The number of aliphatic hydroxyl groups is 1. The van der Waals surface area contributed by atoms with Crippen molar-refractivity contribution in [1.29, 1.82) is 0 Å². The molecule has 0 aromatic heterocycles. The van der Waals surface area contributed by atoms with Gasteiger partial charge in [-0.05, 0) is 41.3 Å². The van der Waals surface area contributed by atoms with Crippen molar-refractivity contribution in [3.05, 3.63) is 179 Å². The summed E-state index contributed by atoms with van der Waals surface area (Å²) in [4.78, 5) is 13.3. The monoisotopic (exact) mass is 774 g/mol. The van der Waals surface area contributed by atoms with Crippen LogP contribution in [0.15, 0.2) is 152 Å². The van der Waals surface area contributed by atoms with Crippen molar-refractivity contribution in [2.24, 2.45) is 0 Å². The first-order valence-corrected chi connectivity index (χ1v) is 19.5. The zero-order chi connectivity index (χ0) is 39.2. The first kappa shape index (κ1) is 40.4. The third kappa shape index (κ3) is 11.4. The molecule has 5 aromatic rings. The van der Waals surface area contributed by atoms with E-state index in [1.54, 1.807) is 24.3 Å². The maximum atomic E-state index is 13.3. The van der Waals surface area contributed by atoms with E-state index in [1.807, 2.05) is 134 Å². The molecule has 7 rings (SSSR count). The molecule has 0 spiro atoms. The van der Waals surface area contributed by atoms with Crippen molar-refractivity contribution in [1.82, 2.24) is 0 Å². The average molecular weight is 775 g/mol. The summed E-state index contributed by atoms with van der Waals surface area (Å²) in [7, 11) is 0. The fraction of sp³-hybridized carbons (Fsp3) is 0.340. The summed E-state index contributed by atoms with van der Waals surface area (Å²) >= 11 is 0. The molecule has 2 aliphatic heterocycles. The maximum Gasteiger partial charge on any atom is 0.338 e. The van der Waals surface area contributed by atoms with Crippen molar-refractivity contribution in [2.75, 3.05) is 6.61 Å². The van der Waals surface area contributed by atoms with Gasteiger partial charge < -0.3 is 43.0 Å². The lowest BCUT2D eigenvalue weighted by Crippen LogP contribution is -2.63. The molecule has 10 heteroatoms. The molecule has 0 saturated carbocycles. The molecule has 2 aliphatic rings. The van der Waals surface area contributed by atoms with Gasteiger partial charge in [0, 0.05) is 6.42 Å². The van der Waals surface area contributed by atoms with Crippen LogP contribution in [0.3, 0.4) is 0 Å². The van der Waals surface area contributed by atoms with Gasteiger partial charge in [-0.25, -0.2) is 4.79 Å². The third-order valence-corrected chi connectivity index (χ3v) is 10.1. The highest BCUT2D eigenvalue weighted by Crippen LogP contribution is 2.34. The van der Waals surface area contributed by atoms with Crippen molar-refractivity contribution < 1.29 is 47.8 Å². The van der Waals surface area contributed by atoms with Crippen LogP contribution in [0, 0.1) is 0 Å². The van der Waals surface area contributed by atoms with Crippen LogP contribution in [0.4, 0.5) is 0 Å². The molecule has 2 fully saturated rings. The standard InChI is InChI=1S/C47H50O10/c1-33-42(57-46(48)38-25-15-6-16-26-38)39(51-29-35-19-9-3-10-20-35)27-41(54-33)56-43-40(32-50-28-34-17-7-2-8-18-34)55-47(49)45(53-31-37-23-13-5-14-24-37)44(43)52-30-36-21-11-4-12-22-36/h2-26,33,39-45,47,49H,27-32H2,1H3/t33-,39-,40-,41-,42-,43-,44+,45-,47+/m1/s1. The molecule has 0 radical (unpaired) electrons.